The van der Waals surface area contributed by atoms with E-state index in [9.17, 15) is 5.26 Å². The molecule has 0 saturated heterocycles. The summed E-state index contributed by atoms with van der Waals surface area (Å²) in [5.41, 5.74) is 1.12. The van der Waals surface area contributed by atoms with E-state index in [1.54, 1.807) is 12.2 Å². The van der Waals surface area contributed by atoms with E-state index >= 15 is 0 Å². The molecule has 0 aliphatic carbocycles. The van der Waals surface area contributed by atoms with Gasteiger partial charge in [0.25, 0.3) is 0 Å². The van der Waals surface area contributed by atoms with Crippen molar-refractivity contribution in [2.75, 3.05) is 20.2 Å². The first kappa shape index (κ1) is 13.6. The molecular formula is C15H19N3O. The second-order valence-electron chi connectivity index (χ2n) is 4.37. The lowest BCUT2D eigenvalue weighted by molar-refractivity contribution is -0.199. The van der Waals surface area contributed by atoms with E-state index < -0.39 is 5.66 Å². The number of hydrogen-bond acceptors (Lipinski definition) is 4. The summed E-state index contributed by atoms with van der Waals surface area (Å²) in [5.74, 6) is 0. The van der Waals surface area contributed by atoms with E-state index in [4.69, 9.17) is 4.84 Å². The van der Waals surface area contributed by atoms with Crippen LogP contribution in [0.1, 0.15) is 25.0 Å². The van der Waals surface area contributed by atoms with Crippen LogP contribution in [-0.2, 0) is 10.5 Å². The second kappa shape index (κ2) is 5.43. The van der Waals surface area contributed by atoms with Crippen LogP contribution < -0.4 is 0 Å². The van der Waals surface area contributed by atoms with Crippen LogP contribution in [0.3, 0.4) is 0 Å². The molecule has 100 valence electrons. The van der Waals surface area contributed by atoms with Crippen LogP contribution >= 0.6 is 0 Å². The summed E-state index contributed by atoms with van der Waals surface area (Å²) in [7, 11) is 1.59. The third kappa shape index (κ3) is 1.92. The highest BCUT2D eigenvalue weighted by atomic mass is 16.7. The fraction of sp³-hybridized carbons (Fsp3) is 0.400. The average molecular weight is 257 g/mol. The molecule has 0 saturated carbocycles. The maximum atomic E-state index is 9.88. The molecule has 0 fully saturated rings. The molecule has 0 bridgehead atoms. The van der Waals surface area contributed by atoms with Gasteiger partial charge in [-0.1, -0.05) is 38.1 Å². The Morgan fingerprint density at radius 2 is 2.00 bits per heavy atom. The van der Waals surface area contributed by atoms with Crippen molar-refractivity contribution in [1.82, 2.24) is 9.96 Å². The zero-order valence-corrected chi connectivity index (χ0v) is 11.6. The largest absolute Gasteiger partial charge is 0.274 e. The van der Waals surface area contributed by atoms with Gasteiger partial charge in [0.1, 0.15) is 6.07 Å². The number of fused-ring (bicyclic) bond motifs is 1. The zero-order valence-electron chi connectivity index (χ0n) is 11.6. The number of rotatable bonds is 4. The summed E-state index contributed by atoms with van der Waals surface area (Å²) >= 11 is 0. The minimum atomic E-state index is -0.899. The molecule has 1 aromatic carbocycles. The van der Waals surface area contributed by atoms with Gasteiger partial charge >= 0.3 is 0 Å². The van der Waals surface area contributed by atoms with Crippen LogP contribution in [0.15, 0.2) is 30.5 Å². The van der Waals surface area contributed by atoms with Crippen LogP contribution in [0.25, 0.3) is 6.08 Å². The van der Waals surface area contributed by atoms with Crippen molar-refractivity contribution in [3.05, 3.63) is 41.6 Å². The van der Waals surface area contributed by atoms with E-state index in [0.29, 0.717) is 0 Å². The van der Waals surface area contributed by atoms with Gasteiger partial charge in [-0.2, -0.15) is 5.26 Å². The van der Waals surface area contributed by atoms with Gasteiger partial charge in [-0.15, -0.1) is 0 Å². The maximum Gasteiger partial charge on any atom is 0.232 e. The van der Waals surface area contributed by atoms with E-state index in [0.717, 1.165) is 24.2 Å². The molecule has 0 N–H and O–H groups in total. The van der Waals surface area contributed by atoms with Gasteiger partial charge in [-0.05, 0) is 24.7 Å². The zero-order chi connectivity index (χ0) is 13.9. The minimum Gasteiger partial charge on any atom is -0.274 e. The summed E-state index contributed by atoms with van der Waals surface area (Å²) in [6.45, 7) is 5.65. The molecule has 0 aromatic heterocycles. The highest BCUT2D eigenvalue weighted by Crippen LogP contribution is 2.38. The van der Waals surface area contributed by atoms with Gasteiger partial charge in [-0.3, -0.25) is 9.74 Å². The fourth-order valence-electron chi connectivity index (χ4n) is 2.70. The fourth-order valence-corrected chi connectivity index (χ4v) is 2.70. The van der Waals surface area contributed by atoms with Crippen molar-refractivity contribution in [1.29, 1.82) is 5.26 Å². The molecule has 1 atom stereocenters. The molecule has 4 heteroatoms. The molecule has 1 unspecified atom stereocenters. The van der Waals surface area contributed by atoms with Gasteiger partial charge in [0.15, 0.2) is 0 Å². The Balaban J connectivity index is 2.67. The van der Waals surface area contributed by atoms with Gasteiger partial charge in [0.2, 0.25) is 5.66 Å². The van der Waals surface area contributed by atoms with Crippen molar-refractivity contribution < 1.29 is 4.84 Å². The number of hydroxylamine groups is 2. The summed E-state index contributed by atoms with van der Waals surface area (Å²) in [6.07, 6.45) is 3.79. The highest BCUT2D eigenvalue weighted by molar-refractivity contribution is 5.59. The van der Waals surface area contributed by atoms with Crippen molar-refractivity contribution >= 4 is 6.08 Å². The lowest BCUT2D eigenvalue weighted by Crippen LogP contribution is -2.56. The van der Waals surface area contributed by atoms with Gasteiger partial charge < -0.3 is 0 Å². The molecule has 1 aromatic rings. The van der Waals surface area contributed by atoms with Crippen molar-refractivity contribution in [2.45, 2.75) is 19.5 Å². The summed E-state index contributed by atoms with van der Waals surface area (Å²) in [4.78, 5) is 7.52. The molecule has 1 aliphatic rings. The Morgan fingerprint density at radius 1 is 1.32 bits per heavy atom. The van der Waals surface area contributed by atoms with Gasteiger partial charge in [0.05, 0.1) is 7.11 Å². The van der Waals surface area contributed by atoms with Crippen molar-refractivity contribution in [2.24, 2.45) is 0 Å². The Hall–Kier alpha value is -1.83. The quantitative estimate of drug-likeness (QED) is 0.831. The van der Waals surface area contributed by atoms with Gasteiger partial charge in [-0.25, -0.2) is 5.06 Å². The number of nitriles is 1. The first-order valence-electron chi connectivity index (χ1n) is 6.52. The number of benzene rings is 1. The standard InChI is InChI=1S/C15H19N3O/c1-4-17(5-2)15(12-16)14-9-7-6-8-13(14)10-11-18(15)19-3/h6-11H,4-5H2,1-3H3. The van der Waals surface area contributed by atoms with Crippen molar-refractivity contribution in [3.63, 3.8) is 0 Å². The molecule has 19 heavy (non-hydrogen) atoms. The lowest BCUT2D eigenvalue weighted by Gasteiger charge is -2.46. The van der Waals surface area contributed by atoms with Crippen LogP contribution in [0.5, 0.6) is 0 Å². The third-order valence-electron chi connectivity index (χ3n) is 3.62. The molecule has 0 radical (unpaired) electrons. The van der Waals surface area contributed by atoms with E-state index in [1.165, 1.54) is 0 Å². The Bertz CT molecular complexity index is 516. The predicted octanol–water partition coefficient (Wildman–Crippen LogP) is 2.55. The number of nitrogens with zero attached hydrogens (tertiary/aromatic N) is 3. The third-order valence-corrected chi connectivity index (χ3v) is 3.62. The predicted molar refractivity (Wildman–Crippen MR) is 74.5 cm³/mol. The molecule has 0 spiro atoms. The highest BCUT2D eigenvalue weighted by Gasteiger charge is 2.46. The molecule has 4 nitrogen and oxygen atoms in total. The minimum absolute atomic E-state index is 0.770. The Kier molecular flexibility index (Phi) is 3.89. The Morgan fingerprint density at radius 3 is 2.58 bits per heavy atom. The molecule has 1 aliphatic heterocycles. The van der Waals surface area contributed by atoms with E-state index in [1.807, 2.05) is 36.5 Å². The monoisotopic (exact) mass is 257 g/mol. The summed E-state index contributed by atoms with van der Waals surface area (Å²) in [6, 6.07) is 10.4. The summed E-state index contributed by atoms with van der Waals surface area (Å²) in [5, 5.41) is 11.5. The maximum absolute atomic E-state index is 9.88. The first-order valence-corrected chi connectivity index (χ1v) is 6.52. The first-order chi connectivity index (χ1) is 9.24. The van der Waals surface area contributed by atoms with Crippen molar-refractivity contribution in [3.8, 4) is 6.07 Å². The SMILES string of the molecule is CCN(CC)C1(C#N)c2ccccc2C=CN1OC. The van der Waals surface area contributed by atoms with Gasteiger partial charge in [0, 0.05) is 11.8 Å². The molecule has 1 heterocycles. The van der Waals surface area contributed by atoms with Crippen LogP contribution in [0.2, 0.25) is 0 Å². The van der Waals surface area contributed by atoms with E-state index in [2.05, 4.69) is 24.8 Å². The lowest BCUT2D eigenvalue weighted by atomic mass is 9.90. The topological polar surface area (TPSA) is 39.5 Å². The smallest absolute Gasteiger partial charge is 0.232 e. The molecule has 0 amide bonds. The molecule has 2 rings (SSSR count). The molecular weight excluding hydrogens is 238 g/mol. The number of hydrogen-bond donors (Lipinski definition) is 0. The normalized spacial score (nSPS) is 21.3. The average Bonchev–Trinajstić information content (AvgIpc) is 2.48. The van der Waals surface area contributed by atoms with Crippen LogP contribution in [-0.4, -0.2) is 30.2 Å². The Labute approximate surface area is 114 Å². The second-order valence-corrected chi connectivity index (χ2v) is 4.37. The van der Waals surface area contributed by atoms with Crippen LogP contribution in [0, 0.1) is 11.3 Å². The summed E-state index contributed by atoms with van der Waals surface area (Å²) < 4.78 is 0. The van der Waals surface area contributed by atoms with Crippen LogP contribution in [0.4, 0.5) is 0 Å². The van der Waals surface area contributed by atoms with E-state index in [-0.39, 0.29) is 0 Å².